The summed E-state index contributed by atoms with van der Waals surface area (Å²) in [4.78, 5) is 8.10. The van der Waals surface area contributed by atoms with Crippen molar-refractivity contribution in [3.05, 3.63) is 12.3 Å². The van der Waals surface area contributed by atoms with Crippen LogP contribution in [0.3, 0.4) is 0 Å². The Kier molecular flexibility index (Phi) is 3.04. The van der Waals surface area contributed by atoms with Gasteiger partial charge in [0, 0.05) is 6.20 Å². The van der Waals surface area contributed by atoms with Crippen molar-refractivity contribution in [3.63, 3.8) is 0 Å². The third kappa shape index (κ3) is 2.58. The Morgan fingerprint density at radius 2 is 2.20 bits per heavy atom. The van der Waals surface area contributed by atoms with E-state index in [1.165, 1.54) is 19.3 Å². The zero-order valence-corrected chi connectivity index (χ0v) is 9.02. The van der Waals surface area contributed by atoms with Crippen LogP contribution in [-0.2, 0) is 0 Å². The monoisotopic (exact) mass is 207 g/mol. The first-order valence-electron chi connectivity index (χ1n) is 5.51. The van der Waals surface area contributed by atoms with Crippen LogP contribution >= 0.6 is 0 Å². The molecular formula is C11H17N3O. The van der Waals surface area contributed by atoms with Crippen LogP contribution in [0.25, 0.3) is 0 Å². The topological polar surface area (TPSA) is 61.0 Å². The summed E-state index contributed by atoms with van der Waals surface area (Å²) in [6, 6.07) is 2.07. The van der Waals surface area contributed by atoms with Crippen molar-refractivity contribution in [2.75, 3.05) is 5.73 Å². The van der Waals surface area contributed by atoms with Gasteiger partial charge in [-0.3, -0.25) is 0 Å². The molecule has 1 saturated carbocycles. The normalized spacial score (nSPS) is 26.2. The fourth-order valence-corrected chi connectivity index (χ4v) is 2.00. The highest BCUT2D eigenvalue weighted by atomic mass is 16.5. The maximum Gasteiger partial charge on any atom is 0.318 e. The van der Waals surface area contributed by atoms with E-state index in [-0.39, 0.29) is 6.10 Å². The molecule has 1 aromatic rings. The Morgan fingerprint density at radius 1 is 1.40 bits per heavy atom. The van der Waals surface area contributed by atoms with Crippen LogP contribution in [0.5, 0.6) is 6.01 Å². The van der Waals surface area contributed by atoms with Crippen LogP contribution in [-0.4, -0.2) is 16.1 Å². The molecule has 2 unspecified atom stereocenters. The van der Waals surface area contributed by atoms with E-state index in [0.29, 0.717) is 17.7 Å². The molecule has 0 spiro atoms. The minimum atomic E-state index is 0.251. The predicted molar refractivity (Wildman–Crippen MR) is 58.5 cm³/mol. The van der Waals surface area contributed by atoms with Gasteiger partial charge in [0.05, 0.1) is 0 Å². The number of nitrogens with zero attached hydrogens (tertiary/aromatic N) is 2. The molecule has 2 atom stereocenters. The summed E-state index contributed by atoms with van der Waals surface area (Å²) in [5.74, 6) is 1.05. The number of nitrogen functional groups attached to an aromatic ring is 1. The largest absolute Gasteiger partial charge is 0.460 e. The molecule has 4 nitrogen and oxygen atoms in total. The third-order valence-corrected chi connectivity index (χ3v) is 2.94. The number of hydrogen-bond acceptors (Lipinski definition) is 4. The first kappa shape index (κ1) is 10.2. The molecule has 1 aromatic heterocycles. The molecule has 1 fully saturated rings. The molecule has 0 aliphatic heterocycles. The average Bonchev–Trinajstić information content (AvgIpc) is 2.22. The molecule has 0 aromatic carbocycles. The molecule has 1 heterocycles. The number of ether oxygens (including phenoxy) is 1. The van der Waals surface area contributed by atoms with Crippen molar-refractivity contribution in [1.82, 2.24) is 9.97 Å². The first-order chi connectivity index (χ1) is 7.25. The van der Waals surface area contributed by atoms with Crippen molar-refractivity contribution < 1.29 is 4.74 Å². The van der Waals surface area contributed by atoms with Gasteiger partial charge in [-0.2, -0.15) is 4.98 Å². The van der Waals surface area contributed by atoms with Crippen LogP contribution in [0.15, 0.2) is 12.3 Å². The molecule has 1 aliphatic rings. The lowest BCUT2D eigenvalue weighted by Gasteiger charge is -2.28. The van der Waals surface area contributed by atoms with Crippen molar-refractivity contribution in [2.24, 2.45) is 5.92 Å². The number of anilines is 1. The quantitative estimate of drug-likeness (QED) is 0.805. The zero-order valence-electron chi connectivity index (χ0n) is 9.02. The molecule has 2 N–H and O–H groups in total. The number of aromatic nitrogens is 2. The molecular weight excluding hydrogens is 190 g/mol. The van der Waals surface area contributed by atoms with E-state index in [0.717, 1.165) is 6.42 Å². The van der Waals surface area contributed by atoms with Crippen molar-refractivity contribution in [2.45, 2.75) is 38.7 Å². The summed E-state index contributed by atoms with van der Waals surface area (Å²) >= 11 is 0. The van der Waals surface area contributed by atoms with E-state index in [1.807, 2.05) is 0 Å². The lowest BCUT2D eigenvalue weighted by Crippen LogP contribution is -2.29. The van der Waals surface area contributed by atoms with E-state index in [1.54, 1.807) is 12.3 Å². The molecule has 1 aliphatic carbocycles. The predicted octanol–water partition coefficient (Wildman–Crippen LogP) is 2.02. The zero-order chi connectivity index (χ0) is 10.7. The van der Waals surface area contributed by atoms with Crippen LogP contribution in [0.1, 0.15) is 32.6 Å². The summed E-state index contributed by atoms with van der Waals surface area (Å²) in [7, 11) is 0. The van der Waals surface area contributed by atoms with Gasteiger partial charge in [-0.1, -0.05) is 13.3 Å². The number of hydrogen-bond donors (Lipinski definition) is 1. The Bertz CT molecular complexity index is 329. The van der Waals surface area contributed by atoms with E-state index in [2.05, 4.69) is 16.9 Å². The highest BCUT2D eigenvalue weighted by Gasteiger charge is 2.23. The second kappa shape index (κ2) is 4.47. The van der Waals surface area contributed by atoms with Crippen LogP contribution < -0.4 is 10.5 Å². The molecule has 15 heavy (non-hydrogen) atoms. The summed E-state index contributed by atoms with van der Waals surface area (Å²) in [6.07, 6.45) is 6.74. The van der Waals surface area contributed by atoms with Crippen molar-refractivity contribution in [3.8, 4) is 6.01 Å². The van der Waals surface area contributed by atoms with Crippen molar-refractivity contribution in [1.29, 1.82) is 0 Å². The molecule has 0 bridgehead atoms. The fraction of sp³-hybridized carbons (Fsp3) is 0.636. The van der Waals surface area contributed by atoms with Gasteiger partial charge in [0.2, 0.25) is 0 Å². The van der Waals surface area contributed by atoms with Crippen LogP contribution in [0.4, 0.5) is 5.82 Å². The average molecular weight is 207 g/mol. The van der Waals surface area contributed by atoms with E-state index in [9.17, 15) is 0 Å². The third-order valence-electron chi connectivity index (χ3n) is 2.94. The highest BCUT2D eigenvalue weighted by molar-refractivity contribution is 5.26. The summed E-state index contributed by atoms with van der Waals surface area (Å²) in [5.41, 5.74) is 5.57. The number of nitrogens with two attached hydrogens (primary N) is 1. The molecule has 0 radical (unpaired) electrons. The van der Waals surface area contributed by atoms with Gasteiger partial charge in [0.25, 0.3) is 0 Å². The summed E-state index contributed by atoms with van der Waals surface area (Å²) in [6.45, 7) is 2.22. The maximum absolute atomic E-state index is 5.75. The first-order valence-corrected chi connectivity index (χ1v) is 5.51. The van der Waals surface area contributed by atoms with E-state index >= 15 is 0 Å². The standard InChI is InChI=1S/C11H17N3O/c1-8-4-2-3-5-9(8)15-11-13-7-6-10(12)14-11/h6-9H,2-5H2,1H3,(H2,12,13,14). The minimum Gasteiger partial charge on any atom is -0.460 e. The smallest absolute Gasteiger partial charge is 0.318 e. The van der Waals surface area contributed by atoms with E-state index in [4.69, 9.17) is 10.5 Å². The molecule has 2 rings (SSSR count). The van der Waals surface area contributed by atoms with Gasteiger partial charge in [-0.25, -0.2) is 4.98 Å². The van der Waals surface area contributed by atoms with Gasteiger partial charge in [0.15, 0.2) is 0 Å². The molecule has 82 valence electrons. The van der Waals surface area contributed by atoms with Gasteiger partial charge < -0.3 is 10.5 Å². The Morgan fingerprint density at radius 3 is 2.93 bits per heavy atom. The van der Waals surface area contributed by atoms with Gasteiger partial charge in [-0.15, -0.1) is 0 Å². The minimum absolute atomic E-state index is 0.251. The summed E-state index contributed by atoms with van der Waals surface area (Å²) in [5, 5.41) is 0. The lowest BCUT2D eigenvalue weighted by molar-refractivity contribution is 0.0924. The molecule has 0 saturated heterocycles. The SMILES string of the molecule is CC1CCCCC1Oc1nccc(N)n1. The van der Waals surface area contributed by atoms with Gasteiger partial charge in [-0.05, 0) is 31.2 Å². The van der Waals surface area contributed by atoms with Crippen LogP contribution in [0.2, 0.25) is 0 Å². The maximum atomic E-state index is 5.75. The molecule has 4 heteroatoms. The highest BCUT2D eigenvalue weighted by Crippen LogP contribution is 2.26. The Balaban J connectivity index is 2.01. The second-order valence-corrected chi connectivity index (χ2v) is 4.18. The lowest BCUT2D eigenvalue weighted by atomic mass is 9.88. The Hall–Kier alpha value is -1.32. The van der Waals surface area contributed by atoms with Gasteiger partial charge in [0.1, 0.15) is 11.9 Å². The Labute approximate surface area is 89.9 Å². The van der Waals surface area contributed by atoms with Crippen LogP contribution in [0, 0.1) is 5.92 Å². The fourth-order valence-electron chi connectivity index (χ4n) is 2.00. The summed E-state index contributed by atoms with van der Waals surface area (Å²) < 4.78 is 5.75. The van der Waals surface area contributed by atoms with Gasteiger partial charge >= 0.3 is 6.01 Å². The molecule has 0 amide bonds. The van der Waals surface area contributed by atoms with E-state index < -0.39 is 0 Å². The second-order valence-electron chi connectivity index (χ2n) is 4.18. The number of rotatable bonds is 2. The van der Waals surface area contributed by atoms with Crippen molar-refractivity contribution >= 4 is 5.82 Å².